The molecule has 0 aromatic heterocycles. The molecule has 1 N–H and O–H groups in total. The summed E-state index contributed by atoms with van der Waals surface area (Å²) in [5, 5.41) is 3.63. The van der Waals surface area contributed by atoms with Gasteiger partial charge in [0, 0.05) is 28.7 Å². The first-order valence-corrected chi connectivity index (χ1v) is 16.0. The predicted octanol–water partition coefficient (Wildman–Crippen LogP) is 5.55. The normalized spacial score (nSPS) is 12.5. The summed E-state index contributed by atoms with van der Waals surface area (Å²) < 4.78 is 45.6. The summed E-state index contributed by atoms with van der Waals surface area (Å²) in [6, 6.07) is 14.3. The molecule has 0 aliphatic heterocycles. The minimum Gasteiger partial charge on any atom is -0.495 e. The smallest absolute Gasteiger partial charge is 0.265 e. The van der Waals surface area contributed by atoms with Crippen molar-refractivity contribution in [1.29, 1.82) is 0 Å². The van der Waals surface area contributed by atoms with Gasteiger partial charge < -0.3 is 24.4 Å². The molecule has 13 heteroatoms. The Bertz CT molecular complexity index is 1570. The van der Waals surface area contributed by atoms with Crippen LogP contribution in [0.2, 0.25) is 10.0 Å². The minimum absolute atomic E-state index is 0.0159. The molecule has 10 nitrogen and oxygen atoms in total. The van der Waals surface area contributed by atoms with Crippen LogP contribution in [0.5, 0.6) is 17.2 Å². The highest BCUT2D eigenvalue weighted by Gasteiger charge is 2.34. The van der Waals surface area contributed by atoms with E-state index in [9.17, 15) is 18.0 Å². The van der Waals surface area contributed by atoms with Crippen molar-refractivity contribution in [3.8, 4) is 17.2 Å². The molecule has 0 aliphatic carbocycles. The topological polar surface area (TPSA) is 114 Å². The van der Waals surface area contributed by atoms with Crippen LogP contribution >= 0.6 is 23.2 Å². The van der Waals surface area contributed by atoms with Gasteiger partial charge in [-0.25, -0.2) is 8.42 Å². The van der Waals surface area contributed by atoms with Crippen LogP contribution in [0.4, 0.5) is 5.69 Å². The quantitative estimate of drug-likeness (QED) is 0.240. The molecule has 3 rings (SSSR count). The second-order valence-electron chi connectivity index (χ2n) is 9.99. The van der Waals surface area contributed by atoms with E-state index in [2.05, 4.69) is 5.32 Å². The number of rotatable bonds is 14. The summed E-state index contributed by atoms with van der Waals surface area (Å²) >= 11 is 12.4. The zero-order chi connectivity index (χ0) is 32.6. The standard InChI is InChI=1S/C31H37Cl2N3O7S/c1-7-20(2)34-31(38)21(3)35(18-22-8-10-23(32)11-9-22)30(37)19-36(26-16-24(33)12-14-27(26)41-4)44(39,40)25-13-15-28(42-5)29(17-25)43-6/h8-17,20-21H,7,18-19H2,1-6H3,(H,34,38)/t20-,21+/m0/s1. The summed E-state index contributed by atoms with van der Waals surface area (Å²) in [5.41, 5.74) is 0.729. The number of methoxy groups -OCH3 is 3. The fraction of sp³-hybridized carbons (Fsp3) is 0.355. The van der Waals surface area contributed by atoms with Gasteiger partial charge in [-0.1, -0.05) is 42.3 Å². The van der Waals surface area contributed by atoms with Crippen LogP contribution in [0.1, 0.15) is 32.8 Å². The molecular weight excluding hydrogens is 629 g/mol. The van der Waals surface area contributed by atoms with E-state index in [4.69, 9.17) is 37.4 Å². The summed E-state index contributed by atoms with van der Waals surface area (Å²) in [4.78, 5) is 28.6. The van der Waals surface area contributed by atoms with E-state index in [-0.39, 0.29) is 45.6 Å². The number of carbonyl (C=O) groups excluding carboxylic acids is 2. The largest absolute Gasteiger partial charge is 0.495 e. The summed E-state index contributed by atoms with van der Waals surface area (Å²) in [5.74, 6) is -0.352. The molecule has 3 aromatic carbocycles. The van der Waals surface area contributed by atoms with Crippen LogP contribution in [-0.2, 0) is 26.2 Å². The average Bonchev–Trinajstić information content (AvgIpc) is 3.02. The van der Waals surface area contributed by atoms with Crippen molar-refractivity contribution in [3.05, 3.63) is 76.3 Å². The number of hydrogen-bond acceptors (Lipinski definition) is 7. The van der Waals surface area contributed by atoms with Gasteiger partial charge >= 0.3 is 0 Å². The number of hydrogen-bond donors (Lipinski definition) is 1. The predicted molar refractivity (Wildman–Crippen MR) is 171 cm³/mol. The second-order valence-corrected chi connectivity index (χ2v) is 12.7. The molecule has 0 heterocycles. The Morgan fingerprint density at radius 2 is 1.43 bits per heavy atom. The van der Waals surface area contributed by atoms with Gasteiger partial charge in [-0.3, -0.25) is 13.9 Å². The molecule has 0 spiro atoms. The molecular formula is C31H37Cl2N3O7S. The van der Waals surface area contributed by atoms with Crippen LogP contribution < -0.4 is 23.8 Å². The fourth-order valence-corrected chi connectivity index (χ4v) is 6.04. The van der Waals surface area contributed by atoms with Crippen molar-refractivity contribution in [2.24, 2.45) is 0 Å². The van der Waals surface area contributed by atoms with E-state index in [1.165, 1.54) is 56.6 Å². The van der Waals surface area contributed by atoms with E-state index in [1.807, 2.05) is 13.8 Å². The number of anilines is 1. The molecule has 2 amide bonds. The molecule has 238 valence electrons. The van der Waals surface area contributed by atoms with Gasteiger partial charge in [0.05, 0.1) is 31.9 Å². The third-order valence-corrected chi connectivity index (χ3v) is 9.31. The molecule has 0 saturated heterocycles. The van der Waals surface area contributed by atoms with Gasteiger partial charge in [-0.15, -0.1) is 0 Å². The van der Waals surface area contributed by atoms with E-state index in [0.717, 1.165) is 4.31 Å². The Hall–Kier alpha value is -3.67. The Morgan fingerprint density at radius 1 is 0.841 bits per heavy atom. The number of halogens is 2. The fourth-order valence-electron chi connectivity index (χ4n) is 4.31. The third kappa shape index (κ3) is 8.28. The van der Waals surface area contributed by atoms with Crippen LogP contribution in [0, 0.1) is 0 Å². The van der Waals surface area contributed by atoms with E-state index < -0.39 is 28.5 Å². The van der Waals surface area contributed by atoms with Gasteiger partial charge in [-0.2, -0.15) is 0 Å². The van der Waals surface area contributed by atoms with Crippen LogP contribution in [-0.4, -0.2) is 65.1 Å². The number of benzene rings is 3. The highest BCUT2D eigenvalue weighted by atomic mass is 35.5. The van der Waals surface area contributed by atoms with Crippen LogP contribution in [0.15, 0.2) is 65.6 Å². The van der Waals surface area contributed by atoms with Crippen molar-refractivity contribution >= 4 is 50.7 Å². The van der Waals surface area contributed by atoms with Crippen molar-refractivity contribution < 1.29 is 32.2 Å². The van der Waals surface area contributed by atoms with Gasteiger partial charge in [0.15, 0.2) is 11.5 Å². The summed E-state index contributed by atoms with van der Waals surface area (Å²) in [6.45, 7) is 4.73. The zero-order valence-corrected chi connectivity index (χ0v) is 27.8. The first-order valence-electron chi connectivity index (χ1n) is 13.8. The molecule has 0 radical (unpaired) electrons. The lowest BCUT2D eigenvalue weighted by atomic mass is 10.1. The number of amides is 2. The van der Waals surface area contributed by atoms with E-state index in [0.29, 0.717) is 22.8 Å². The molecule has 0 saturated carbocycles. The van der Waals surface area contributed by atoms with Crippen molar-refractivity contribution in [1.82, 2.24) is 10.2 Å². The minimum atomic E-state index is -4.44. The van der Waals surface area contributed by atoms with Gasteiger partial charge in [0.2, 0.25) is 11.8 Å². The Morgan fingerprint density at radius 3 is 2.02 bits per heavy atom. The molecule has 0 unspecified atom stereocenters. The molecule has 3 aromatic rings. The first kappa shape index (κ1) is 34.8. The monoisotopic (exact) mass is 665 g/mol. The highest BCUT2D eigenvalue weighted by molar-refractivity contribution is 7.92. The highest BCUT2D eigenvalue weighted by Crippen LogP contribution is 2.37. The first-order chi connectivity index (χ1) is 20.9. The second kappa shape index (κ2) is 15.4. The molecule has 0 fully saturated rings. The SMILES string of the molecule is CC[C@H](C)NC(=O)[C@@H](C)N(Cc1ccc(Cl)cc1)C(=O)CN(c1cc(Cl)ccc1OC)S(=O)(=O)c1ccc(OC)c(OC)c1. The number of sulfonamides is 1. The van der Waals surface area contributed by atoms with Crippen LogP contribution in [0.25, 0.3) is 0 Å². The number of carbonyl (C=O) groups is 2. The van der Waals surface area contributed by atoms with Crippen molar-refractivity contribution in [3.63, 3.8) is 0 Å². The van der Waals surface area contributed by atoms with Gasteiger partial charge in [-0.05, 0) is 68.3 Å². The Balaban J connectivity index is 2.14. The van der Waals surface area contributed by atoms with Crippen molar-refractivity contribution in [2.75, 3.05) is 32.2 Å². The van der Waals surface area contributed by atoms with E-state index >= 15 is 0 Å². The maximum absolute atomic E-state index is 14.3. The number of nitrogens with zero attached hydrogens (tertiary/aromatic N) is 2. The van der Waals surface area contributed by atoms with E-state index in [1.54, 1.807) is 37.3 Å². The summed E-state index contributed by atoms with van der Waals surface area (Å²) in [6.07, 6.45) is 0.690. The van der Waals surface area contributed by atoms with Gasteiger partial charge in [0.1, 0.15) is 18.3 Å². The number of ether oxygens (including phenoxy) is 3. The van der Waals surface area contributed by atoms with Crippen molar-refractivity contribution in [2.45, 2.75) is 50.7 Å². The Kier molecular flexibility index (Phi) is 12.2. The zero-order valence-electron chi connectivity index (χ0n) is 25.5. The summed E-state index contributed by atoms with van der Waals surface area (Å²) in [7, 11) is -0.247. The maximum Gasteiger partial charge on any atom is 0.265 e. The number of nitrogens with one attached hydrogen (secondary N) is 1. The lowest BCUT2D eigenvalue weighted by Crippen LogP contribution is -2.52. The lowest BCUT2D eigenvalue weighted by molar-refractivity contribution is -0.139. The van der Waals surface area contributed by atoms with Crippen LogP contribution in [0.3, 0.4) is 0 Å². The molecule has 0 bridgehead atoms. The average molecular weight is 667 g/mol. The van der Waals surface area contributed by atoms with Gasteiger partial charge in [0.25, 0.3) is 10.0 Å². The molecule has 44 heavy (non-hydrogen) atoms. The lowest BCUT2D eigenvalue weighted by Gasteiger charge is -2.33. The maximum atomic E-state index is 14.3. The third-order valence-electron chi connectivity index (χ3n) is 7.07. The molecule has 2 atom stereocenters. The molecule has 0 aliphatic rings. The Labute approximate surface area is 268 Å².